The Labute approximate surface area is 126 Å². The van der Waals surface area contributed by atoms with Crippen LogP contribution in [-0.2, 0) is 4.79 Å². The van der Waals surface area contributed by atoms with Gasteiger partial charge in [0.25, 0.3) is 0 Å². The van der Waals surface area contributed by atoms with Crippen molar-refractivity contribution in [3.05, 3.63) is 67.3 Å². The lowest BCUT2D eigenvalue weighted by molar-refractivity contribution is -0.112. The van der Waals surface area contributed by atoms with Crippen LogP contribution >= 0.6 is 0 Å². The molecule has 0 aliphatic carbocycles. The Hall–Kier alpha value is -2.42. The van der Waals surface area contributed by atoms with Gasteiger partial charge in [-0.05, 0) is 18.4 Å². The first-order valence-electron chi connectivity index (χ1n) is 6.81. The van der Waals surface area contributed by atoms with Gasteiger partial charge < -0.3 is 10.1 Å². The lowest BCUT2D eigenvalue weighted by Gasteiger charge is -2.29. The molecule has 0 spiro atoms. The molecule has 0 aromatic heterocycles. The van der Waals surface area contributed by atoms with E-state index in [0.29, 0.717) is 18.7 Å². The average molecular weight is 282 g/mol. The molecule has 1 rings (SSSR count). The van der Waals surface area contributed by atoms with Crippen molar-refractivity contribution in [2.24, 2.45) is 4.99 Å². The van der Waals surface area contributed by atoms with Gasteiger partial charge in [0.15, 0.2) is 0 Å². The first kappa shape index (κ1) is 16.6. The summed E-state index contributed by atoms with van der Waals surface area (Å²) in [6.45, 7) is 11.3. The molecule has 0 radical (unpaired) electrons. The second-order valence-corrected chi connectivity index (χ2v) is 4.75. The number of aldehydes is 1. The summed E-state index contributed by atoms with van der Waals surface area (Å²) in [5, 5.41) is 3.25. The minimum atomic E-state index is -0.771. The van der Waals surface area contributed by atoms with Gasteiger partial charge in [0, 0.05) is 12.6 Å². The Bertz CT molecular complexity index is 548. The molecule has 1 aromatic rings. The Morgan fingerprint density at radius 1 is 1.24 bits per heavy atom. The number of amidine groups is 1. The van der Waals surface area contributed by atoms with E-state index in [0.717, 1.165) is 17.4 Å². The van der Waals surface area contributed by atoms with Crippen LogP contribution in [0.3, 0.4) is 0 Å². The quantitative estimate of drug-likeness (QED) is 0.344. The molecule has 0 fully saturated rings. The molecule has 1 N–H and O–H groups in total. The molecule has 0 heterocycles. The second-order valence-electron chi connectivity index (χ2n) is 4.75. The molecule has 0 aliphatic heterocycles. The third kappa shape index (κ3) is 4.02. The van der Waals surface area contributed by atoms with Crippen LogP contribution in [0.1, 0.15) is 24.0 Å². The van der Waals surface area contributed by atoms with Crippen molar-refractivity contribution in [2.45, 2.75) is 18.4 Å². The Morgan fingerprint density at radius 2 is 1.86 bits per heavy atom. The molecule has 0 unspecified atom stereocenters. The van der Waals surface area contributed by atoms with E-state index in [1.54, 1.807) is 25.3 Å². The summed E-state index contributed by atoms with van der Waals surface area (Å²) in [6, 6.07) is 7.77. The predicted molar refractivity (Wildman–Crippen MR) is 90.6 cm³/mol. The van der Waals surface area contributed by atoms with Gasteiger partial charge in [-0.2, -0.15) is 0 Å². The van der Waals surface area contributed by atoms with Gasteiger partial charge >= 0.3 is 0 Å². The van der Waals surface area contributed by atoms with E-state index >= 15 is 0 Å². The van der Waals surface area contributed by atoms with Gasteiger partial charge in [-0.1, -0.05) is 49.1 Å². The summed E-state index contributed by atoms with van der Waals surface area (Å²) < 4.78 is 0. The van der Waals surface area contributed by atoms with Crippen molar-refractivity contribution in [2.75, 3.05) is 7.05 Å². The van der Waals surface area contributed by atoms with Crippen molar-refractivity contribution >= 4 is 18.2 Å². The van der Waals surface area contributed by atoms with E-state index in [2.05, 4.69) is 30.0 Å². The van der Waals surface area contributed by atoms with Gasteiger partial charge in [-0.25, -0.2) is 0 Å². The van der Waals surface area contributed by atoms with E-state index in [4.69, 9.17) is 0 Å². The largest absolute Gasteiger partial charge is 0.357 e. The zero-order valence-corrected chi connectivity index (χ0v) is 12.5. The van der Waals surface area contributed by atoms with Crippen molar-refractivity contribution in [3.63, 3.8) is 0 Å². The normalized spacial score (nSPS) is 11.6. The van der Waals surface area contributed by atoms with Crippen molar-refractivity contribution < 1.29 is 4.79 Å². The number of nitrogens with one attached hydrogen (secondary N) is 1. The minimum Gasteiger partial charge on any atom is -0.357 e. The molecule has 0 saturated carbocycles. The van der Waals surface area contributed by atoms with E-state index < -0.39 is 5.54 Å². The fourth-order valence-corrected chi connectivity index (χ4v) is 2.20. The number of carbonyl (C=O) groups is 1. The van der Waals surface area contributed by atoms with Gasteiger partial charge in [-0.3, -0.25) is 4.99 Å². The Morgan fingerprint density at radius 3 is 2.33 bits per heavy atom. The zero-order chi connectivity index (χ0) is 15.7. The van der Waals surface area contributed by atoms with Gasteiger partial charge in [0.2, 0.25) is 0 Å². The highest BCUT2D eigenvalue weighted by molar-refractivity contribution is 6.03. The van der Waals surface area contributed by atoms with Gasteiger partial charge in [0.1, 0.15) is 17.7 Å². The first-order chi connectivity index (χ1) is 10.2. The fourth-order valence-electron chi connectivity index (χ4n) is 2.20. The molecule has 1 aromatic carbocycles. The third-order valence-corrected chi connectivity index (χ3v) is 3.27. The minimum absolute atomic E-state index is 0.498. The molecule has 0 aliphatic rings. The van der Waals surface area contributed by atoms with E-state index in [9.17, 15) is 4.79 Å². The lowest BCUT2D eigenvalue weighted by atomic mass is 9.91. The van der Waals surface area contributed by atoms with Crippen molar-refractivity contribution in [1.82, 2.24) is 5.32 Å². The molecule has 0 bridgehead atoms. The van der Waals surface area contributed by atoms with Crippen molar-refractivity contribution in [1.29, 1.82) is 0 Å². The number of hydrogen-bond donors (Lipinski definition) is 1. The SMILES string of the molecule is C=CCC(C=O)(CC=C)NC(=NC)c1ccccc1C=C. The molecular weight excluding hydrogens is 260 g/mol. The number of aliphatic imine (C=N–C) groups is 1. The number of nitrogens with zero attached hydrogens (tertiary/aromatic N) is 1. The summed E-state index contributed by atoms with van der Waals surface area (Å²) in [5.41, 5.74) is 1.10. The summed E-state index contributed by atoms with van der Waals surface area (Å²) in [5.74, 6) is 0.654. The highest BCUT2D eigenvalue weighted by Gasteiger charge is 2.28. The average Bonchev–Trinajstić information content (AvgIpc) is 2.53. The van der Waals surface area contributed by atoms with Crippen LogP contribution in [0.5, 0.6) is 0 Å². The number of benzene rings is 1. The standard InChI is InChI=1S/C18H22N2O/c1-5-12-18(14-21,13-6-2)20-17(19-4)16-11-9-8-10-15(16)7-3/h5-11,14H,1-3,12-13H2,4H3,(H,19,20). The van der Waals surface area contributed by atoms with Crippen LogP contribution in [0.4, 0.5) is 0 Å². The van der Waals surface area contributed by atoms with Crippen LogP contribution < -0.4 is 5.32 Å². The van der Waals surface area contributed by atoms with Crippen molar-refractivity contribution in [3.8, 4) is 0 Å². The third-order valence-electron chi connectivity index (χ3n) is 3.27. The second kappa shape index (κ2) is 8.00. The molecule has 110 valence electrons. The van der Waals surface area contributed by atoms with Gasteiger partial charge in [-0.15, -0.1) is 13.2 Å². The molecule has 21 heavy (non-hydrogen) atoms. The van der Waals surface area contributed by atoms with Crippen LogP contribution in [-0.4, -0.2) is 24.7 Å². The molecule has 3 heteroatoms. The van der Waals surface area contributed by atoms with Crippen LogP contribution in [0.15, 0.2) is 61.1 Å². The number of rotatable bonds is 8. The summed E-state index contributed by atoms with van der Waals surface area (Å²) in [4.78, 5) is 15.9. The lowest BCUT2D eigenvalue weighted by Crippen LogP contribution is -2.49. The molecule has 3 nitrogen and oxygen atoms in total. The topological polar surface area (TPSA) is 41.5 Å². The van der Waals surface area contributed by atoms with Crippen LogP contribution in [0.2, 0.25) is 0 Å². The molecular formula is C18H22N2O. The van der Waals surface area contributed by atoms with Gasteiger partial charge in [0.05, 0.1) is 0 Å². The number of carbonyl (C=O) groups excluding carboxylic acids is 1. The summed E-state index contributed by atoms with van der Waals surface area (Å²) in [6.07, 6.45) is 7.11. The predicted octanol–water partition coefficient (Wildman–Crippen LogP) is 3.39. The highest BCUT2D eigenvalue weighted by Crippen LogP contribution is 2.18. The summed E-state index contributed by atoms with van der Waals surface area (Å²) in [7, 11) is 1.69. The maximum Gasteiger partial charge on any atom is 0.146 e. The monoisotopic (exact) mass is 282 g/mol. The molecule has 0 amide bonds. The molecule has 0 atom stereocenters. The van der Waals surface area contributed by atoms with E-state index in [1.165, 1.54) is 0 Å². The summed E-state index contributed by atoms with van der Waals surface area (Å²) >= 11 is 0. The van der Waals surface area contributed by atoms with E-state index in [-0.39, 0.29) is 0 Å². The smallest absolute Gasteiger partial charge is 0.146 e. The Balaban J connectivity index is 3.20. The fraction of sp³-hybridized carbons (Fsp3) is 0.222. The maximum absolute atomic E-state index is 11.6. The maximum atomic E-state index is 11.6. The highest BCUT2D eigenvalue weighted by atomic mass is 16.1. The van der Waals surface area contributed by atoms with E-state index in [1.807, 2.05) is 24.3 Å². The zero-order valence-electron chi connectivity index (χ0n) is 12.5. The number of hydrogen-bond acceptors (Lipinski definition) is 2. The van der Waals surface area contributed by atoms with Crippen LogP contribution in [0, 0.1) is 0 Å². The Kier molecular flexibility index (Phi) is 6.34. The molecule has 0 saturated heterocycles. The first-order valence-corrected chi connectivity index (χ1v) is 6.81. The van der Waals surface area contributed by atoms with Crippen LogP contribution in [0.25, 0.3) is 6.08 Å².